The highest BCUT2D eigenvalue weighted by Crippen LogP contribution is 2.29. The van der Waals surface area contributed by atoms with Crippen molar-refractivity contribution in [1.82, 2.24) is 14.5 Å². The Kier molecular flexibility index (Phi) is 2.77. The molecule has 0 fully saturated rings. The van der Waals surface area contributed by atoms with Crippen LogP contribution in [-0.2, 0) is 6.18 Å². The molecule has 0 spiro atoms. The van der Waals surface area contributed by atoms with Gasteiger partial charge in [0.1, 0.15) is 11.5 Å². The average molecular weight is 256 g/mol. The zero-order valence-electron chi connectivity index (χ0n) is 8.85. The van der Waals surface area contributed by atoms with Gasteiger partial charge in [-0.3, -0.25) is 9.36 Å². The molecule has 0 aliphatic rings. The zero-order valence-corrected chi connectivity index (χ0v) is 8.85. The number of alkyl halides is 3. The Labute approximate surface area is 99.1 Å². The van der Waals surface area contributed by atoms with Crippen molar-refractivity contribution in [2.75, 3.05) is 0 Å². The largest absolute Gasteiger partial charge is 0.450 e. The Morgan fingerprint density at radius 3 is 2.67 bits per heavy atom. The smallest absolute Gasteiger partial charge is 0.364 e. The number of nitrogens with two attached hydrogens (primary N) is 1. The van der Waals surface area contributed by atoms with E-state index in [0.29, 0.717) is 0 Å². The second-order valence-corrected chi connectivity index (χ2v) is 3.36. The van der Waals surface area contributed by atoms with Crippen LogP contribution in [0.5, 0.6) is 0 Å². The molecule has 2 aromatic rings. The van der Waals surface area contributed by atoms with Crippen molar-refractivity contribution in [3.8, 4) is 5.82 Å². The Morgan fingerprint density at radius 1 is 1.33 bits per heavy atom. The first kappa shape index (κ1) is 12.1. The lowest BCUT2D eigenvalue weighted by Gasteiger charge is -2.09. The molecule has 2 heterocycles. The van der Waals surface area contributed by atoms with E-state index in [2.05, 4.69) is 9.97 Å². The fourth-order valence-electron chi connectivity index (χ4n) is 1.39. The van der Waals surface area contributed by atoms with Gasteiger partial charge in [0.05, 0.1) is 0 Å². The summed E-state index contributed by atoms with van der Waals surface area (Å²) in [5, 5.41) is 0. The number of imidazole rings is 1. The fraction of sp³-hybridized carbons (Fsp3) is 0.100. The van der Waals surface area contributed by atoms with Gasteiger partial charge in [0, 0.05) is 12.4 Å². The molecule has 0 saturated heterocycles. The van der Waals surface area contributed by atoms with Crippen molar-refractivity contribution >= 4 is 5.91 Å². The third-order valence-corrected chi connectivity index (χ3v) is 2.13. The maximum Gasteiger partial charge on any atom is 0.450 e. The van der Waals surface area contributed by atoms with Gasteiger partial charge in [-0.2, -0.15) is 13.2 Å². The van der Waals surface area contributed by atoms with Gasteiger partial charge in [-0.25, -0.2) is 9.97 Å². The van der Waals surface area contributed by atoms with Crippen LogP contribution in [0.2, 0.25) is 0 Å². The highest BCUT2D eigenvalue weighted by molar-refractivity contribution is 5.90. The van der Waals surface area contributed by atoms with Crippen LogP contribution in [0, 0.1) is 0 Å². The number of aromatic nitrogens is 3. The molecule has 0 aliphatic heterocycles. The molecule has 0 saturated carbocycles. The summed E-state index contributed by atoms with van der Waals surface area (Å²) in [5.41, 5.74) is 4.89. The van der Waals surface area contributed by atoms with Gasteiger partial charge >= 0.3 is 6.18 Å². The lowest BCUT2D eigenvalue weighted by atomic mass is 10.3. The predicted octanol–water partition coefficient (Wildman–Crippen LogP) is 1.39. The highest BCUT2D eigenvalue weighted by Gasteiger charge is 2.36. The van der Waals surface area contributed by atoms with E-state index >= 15 is 0 Å². The van der Waals surface area contributed by atoms with E-state index in [1.807, 2.05) is 0 Å². The molecular formula is C10H7F3N4O. The molecule has 0 aromatic carbocycles. The maximum atomic E-state index is 12.6. The fourth-order valence-corrected chi connectivity index (χ4v) is 1.39. The highest BCUT2D eigenvalue weighted by atomic mass is 19.4. The predicted molar refractivity (Wildman–Crippen MR) is 54.9 cm³/mol. The minimum absolute atomic E-state index is 0.0730. The molecule has 1 amide bonds. The normalized spacial score (nSPS) is 11.5. The summed E-state index contributed by atoms with van der Waals surface area (Å²) in [6.07, 6.45) is -2.49. The second kappa shape index (κ2) is 4.13. The number of amides is 1. The number of nitrogens with zero attached hydrogens (tertiary/aromatic N) is 3. The molecule has 0 bridgehead atoms. The minimum Gasteiger partial charge on any atom is -0.364 e. The summed E-state index contributed by atoms with van der Waals surface area (Å²) < 4.78 is 38.6. The number of hydrogen-bond donors (Lipinski definition) is 1. The first-order valence-electron chi connectivity index (χ1n) is 4.77. The topological polar surface area (TPSA) is 73.8 Å². The van der Waals surface area contributed by atoms with E-state index in [1.54, 1.807) is 0 Å². The first-order chi connectivity index (χ1) is 8.39. The van der Waals surface area contributed by atoms with Gasteiger partial charge in [-0.15, -0.1) is 0 Å². The lowest BCUT2D eigenvalue weighted by molar-refractivity contribution is -0.146. The molecule has 18 heavy (non-hydrogen) atoms. The van der Waals surface area contributed by atoms with Gasteiger partial charge in [0.15, 0.2) is 0 Å². The van der Waals surface area contributed by atoms with E-state index in [1.165, 1.54) is 18.2 Å². The van der Waals surface area contributed by atoms with Crippen molar-refractivity contribution in [2.45, 2.75) is 6.18 Å². The molecule has 2 aromatic heterocycles. The number of carbonyl (C=O) groups excluding carboxylic acids is 1. The summed E-state index contributed by atoms with van der Waals surface area (Å²) in [5.74, 6) is -2.00. The van der Waals surface area contributed by atoms with Gasteiger partial charge in [-0.05, 0) is 12.1 Å². The minimum atomic E-state index is -4.60. The van der Waals surface area contributed by atoms with Crippen molar-refractivity contribution in [3.05, 3.63) is 42.1 Å². The number of primary amides is 1. The van der Waals surface area contributed by atoms with E-state index in [-0.39, 0.29) is 11.5 Å². The Bertz CT molecular complexity index is 591. The SMILES string of the molecule is NC(=O)c1cccc(-n2ccnc2C(F)(F)F)n1. The molecule has 0 radical (unpaired) electrons. The van der Waals surface area contributed by atoms with Crippen LogP contribution < -0.4 is 5.73 Å². The van der Waals surface area contributed by atoms with Gasteiger partial charge in [0.25, 0.3) is 5.91 Å². The standard InChI is InChI=1S/C10H7F3N4O/c11-10(12,13)9-15-4-5-17(9)7-3-1-2-6(16-7)8(14)18/h1-5H,(H2,14,18). The first-order valence-corrected chi connectivity index (χ1v) is 4.77. The summed E-state index contributed by atoms with van der Waals surface area (Å²) in [7, 11) is 0. The molecule has 0 aliphatic carbocycles. The zero-order chi connectivity index (χ0) is 13.3. The number of pyridine rings is 1. The van der Waals surface area contributed by atoms with Crippen molar-refractivity contribution in [2.24, 2.45) is 5.73 Å². The van der Waals surface area contributed by atoms with Crippen LogP contribution in [0.25, 0.3) is 5.82 Å². The van der Waals surface area contributed by atoms with Crippen LogP contribution >= 0.6 is 0 Å². The van der Waals surface area contributed by atoms with Gasteiger partial charge in [0.2, 0.25) is 5.82 Å². The maximum absolute atomic E-state index is 12.6. The molecular weight excluding hydrogens is 249 g/mol. The monoisotopic (exact) mass is 256 g/mol. The van der Waals surface area contributed by atoms with Crippen LogP contribution in [0.1, 0.15) is 16.3 Å². The van der Waals surface area contributed by atoms with Crippen molar-refractivity contribution in [3.63, 3.8) is 0 Å². The molecule has 8 heteroatoms. The molecule has 5 nitrogen and oxygen atoms in total. The van der Waals surface area contributed by atoms with E-state index in [9.17, 15) is 18.0 Å². The second-order valence-electron chi connectivity index (χ2n) is 3.36. The van der Waals surface area contributed by atoms with E-state index < -0.39 is 17.9 Å². The number of rotatable bonds is 2. The summed E-state index contributed by atoms with van der Waals surface area (Å²) in [4.78, 5) is 17.9. The summed E-state index contributed by atoms with van der Waals surface area (Å²) in [6, 6.07) is 4.03. The average Bonchev–Trinajstić information content (AvgIpc) is 2.77. The third kappa shape index (κ3) is 2.17. The Hall–Kier alpha value is -2.38. The Morgan fingerprint density at radius 2 is 2.06 bits per heavy atom. The summed E-state index contributed by atoms with van der Waals surface area (Å²) >= 11 is 0. The van der Waals surface area contributed by atoms with Crippen LogP contribution in [-0.4, -0.2) is 20.4 Å². The van der Waals surface area contributed by atoms with Crippen LogP contribution in [0.3, 0.4) is 0 Å². The molecule has 0 unspecified atom stereocenters. The van der Waals surface area contributed by atoms with Crippen LogP contribution in [0.15, 0.2) is 30.6 Å². The van der Waals surface area contributed by atoms with E-state index in [4.69, 9.17) is 5.73 Å². The van der Waals surface area contributed by atoms with Crippen LogP contribution in [0.4, 0.5) is 13.2 Å². The molecule has 94 valence electrons. The number of hydrogen-bond acceptors (Lipinski definition) is 3. The number of carbonyl (C=O) groups is 1. The van der Waals surface area contributed by atoms with Crippen molar-refractivity contribution < 1.29 is 18.0 Å². The lowest BCUT2D eigenvalue weighted by Crippen LogP contribution is -2.17. The molecule has 2 rings (SSSR count). The van der Waals surface area contributed by atoms with E-state index in [0.717, 1.165) is 17.0 Å². The molecule has 2 N–H and O–H groups in total. The van der Waals surface area contributed by atoms with Gasteiger partial charge in [-0.1, -0.05) is 6.07 Å². The quantitative estimate of drug-likeness (QED) is 0.882. The van der Waals surface area contributed by atoms with Crippen molar-refractivity contribution in [1.29, 1.82) is 0 Å². The number of halogens is 3. The Balaban J connectivity index is 2.53. The third-order valence-electron chi connectivity index (χ3n) is 2.13. The summed E-state index contributed by atoms with van der Waals surface area (Å²) in [6.45, 7) is 0. The molecule has 0 atom stereocenters. The van der Waals surface area contributed by atoms with Gasteiger partial charge < -0.3 is 5.73 Å².